The molecule has 16 rings (SSSR count). The van der Waals surface area contributed by atoms with E-state index in [1.807, 2.05) is 33.8 Å². The van der Waals surface area contributed by atoms with Gasteiger partial charge in [0, 0.05) is 110 Å². The molecule has 14 aromatic rings. The number of nitrogens with zero attached hydrogens (tertiary/aromatic N) is 19. The first-order valence-electron chi connectivity index (χ1n) is 41.8. The molecule has 137 heavy (non-hydrogen) atoms. The quantitative estimate of drug-likeness (QED) is 0.0182. The van der Waals surface area contributed by atoms with E-state index in [4.69, 9.17) is 28.8 Å². The summed E-state index contributed by atoms with van der Waals surface area (Å²) in [5.74, 6) is -0.869. The zero-order valence-corrected chi connectivity index (χ0v) is 81.9. The highest BCUT2D eigenvalue weighted by Gasteiger charge is 2.41. The van der Waals surface area contributed by atoms with Crippen LogP contribution in [0.5, 0.6) is 40.6 Å². The van der Waals surface area contributed by atoms with Crippen molar-refractivity contribution < 1.29 is 90.6 Å². The monoisotopic (exact) mass is 2090 g/mol. The van der Waals surface area contributed by atoms with Crippen LogP contribution < -0.4 is 30.2 Å². The lowest BCUT2D eigenvalue weighted by Gasteiger charge is -2.23. The molecule has 3 amide bonds. The summed E-state index contributed by atoms with van der Waals surface area (Å²) in [5.41, 5.74) is 5.23. The number of likely N-dealkylation sites (tertiary alicyclic amines) is 1. The number of ether oxygens (including phenoxy) is 5. The Labute approximate surface area is 812 Å². The topological polar surface area (TPSA) is 497 Å². The second-order valence-electron chi connectivity index (χ2n) is 32.7. The fraction of sp³-hybridized carbons (Fsp3) is 0.304. The second-order valence-corrected chi connectivity index (χ2v) is 35.1. The number of carboxylic acid groups (broad SMARTS) is 1. The average molecular weight is 2090 g/mol. The van der Waals surface area contributed by atoms with E-state index >= 15 is 0 Å². The van der Waals surface area contributed by atoms with E-state index in [-0.39, 0.29) is 128 Å². The first kappa shape index (κ1) is 105. The number of phenols is 1. The molecule has 4 aromatic carbocycles. The van der Waals surface area contributed by atoms with Gasteiger partial charge >= 0.3 is 17.9 Å². The molecule has 2 fully saturated rings. The molecule has 0 radical (unpaired) electrons. The molecular formula is C92H94Br3ClF2N22O17. The summed E-state index contributed by atoms with van der Waals surface area (Å²) in [4.78, 5) is 162. The van der Waals surface area contributed by atoms with Crippen LogP contribution in [0.4, 0.5) is 20.4 Å². The van der Waals surface area contributed by atoms with Crippen LogP contribution in [0.2, 0.25) is 0 Å². The number of rotatable bonds is 22. The Balaban J connectivity index is 0.000000177. The van der Waals surface area contributed by atoms with Crippen LogP contribution in [0.1, 0.15) is 147 Å². The number of alkyl halides is 2. The van der Waals surface area contributed by atoms with E-state index in [1.165, 1.54) is 88.8 Å². The van der Waals surface area contributed by atoms with Crippen LogP contribution in [-0.2, 0) is 64.4 Å². The number of anilines is 2. The molecular weight excluding hydrogens is 2000 g/mol. The number of halogens is 6. The third-order valence-corrected chi connectivity index (χ3v) is 20.5. The molecule has 716 valence electrons. The van der Waals surface area contributed by atoms with E-state index in [0.717, 1.165) is 27.4 Å². The lowest BCUT2D eigenvalue weighted by Crippen LogP contribution is -2.44. The molecule has 2 aliphatic rings. The number of aromatic hydroxyl groups is 1. The number of pyridine rings is 2. The fourth-order valence-electron chi connectivity index (χ4n) is 13.5. The van der Waals surface area contributed by atoms with E-state index in [9.17, 15) is 61.8 Å². The van der Waals surface area contributed by atoms with Crippen LogP contribution in [0, 0.1) is 27.7 Å². The molecule has 39 nitrogen and oxygen atoms in total. The number of carbonyl (C=O) groups is 10. The zero-order chi connectivity index (χ0) is 98.7. The number of aromatic nitrogens is 18. The minimum Gasteiger partial charge on any atom is -0.508 e. The number of Topliss-reactive ketones (excluding diaryl/α,β-unsaturated/α-hetero) is 4. The lowest BCUT2D eigenvalue weighted by atomic mass is 10.1. The van der Waals surface area contributed by atoms with Gasteiger partial charge in [-0.3, -0.25) is 66.7 Å². The van der Waals surface area contributed by atoms with Crippen molar-refractivity contribution in [2.24, 2.45) is 0 Å². The van der Waals surface area contributed by atoms with Gasteiger partial charge in [0.05, 0.1) is 34.7 Å². The van der Waals surface area contributed by atoms with Crippen LogP contribution in [-0.4, -0.2) is 212 Å². The van der Waals surface area contributed by atoms with Crippen molar-refractivity contribution in [3.05, 3.63) is 218 Å². The number of amides is 3. The van der Waals surface area contributed by atoms with Gasteiger partial charge in [-0.25, -0.2) is 58.6 Å². The summed E-state index contributed by atoms with van der Waals surface area (Å²) in [7, 11) is 0. The van der Waals surface area contributed by atoms with E-state index in [1.54, 1.807) is 157 Å². The molecule has 2 saturated heterocycles. The highest BCUT2D eigenvalue weighted by molar-refractivity contribution is 9.11. The van der Waals surface area contributed by atoms with Crippen LogP contribution >= 0.6 is 60.2 Å². The number of aliphatic carboxylic acids is 1. The predicted molar refractivity (Wildman–Crippen MR) is 510 cm³/mol. The summed E-state index contributed by atoms with van der Waals surface area (Å²) in [5, 5.41) is 45.6. The molecule has 4 atom stereocenters. The first-order valence-corrected chi connectivity index (χ1v) is 44.1. The summed E-state index contributed by atoms with van der Waals surface area (Å²) in [6.45, 7) is 22.9. The van der Waals surface area contributed by atoms with Gasteiger partial charge in [0.15, 0.2) is 23.1 Å². The molecule has 2 aliphatic heterocycles. The number of esters is 2. The Kier molecular flexibility index (Phi) is 35.7. The van der Waals surface area contributed by atoms with Gasteiger partial charge in [-0.1, -0.05) is 12.1 Å². The second kappa shape index (κ2) is 46.7. The SMILES string of the molecule is CC(=O)c1nn(CC(=O)N2C[C@H](F)C[C@H]2C(=O)Nc2cccc(Br)n2)c2ccc(Oc3cc(C)ncn3)cc12.CC(=O)c1nn(CC(=O)O)c2ccc(Oc3cc(C)ncn3)cc12.CC(=O)c1nn(CC(=O)OC(C)(C)C)c2ccc(O)cc12.CC(=O)c1nn(CC(=O)OC(C)(C)C)c2ccc(Oc3cc(C)ncn3)cc12.Cc1cc(Br)ncn1.Cl.O=C(Nc1cccc(Br)n1)[C@@H]1C[C@@H](F)CN1. The Morgan fingerprint density at radius 1 is 0.445 bits per heavy atom. The average Bonchev–Trinajstić information content (AvgIpc) is 1.64. The van der Waals surface area contributed by atoms with Crippen LogP contribution in [0.3, 0.4) is 0 Å². The molecule has 10 aromatic heterocycles. The van der Waals surface area contributed by atoms with Gasteiger partial charge < -0.3 is 54.7 Å². The summed E-state index contributed by atoms with van der Waals surface area (Å²) >= 11 is 9.66. The van der Waals surface area contributed by atoms with Crippen molar-refractivity contribution in [3.8, 4) is 40.6 Å². The molecule has 12 heterocycles. The van der Waals surface area contributed by atoms with Gasteiger partial charge in [0.25, 0.3) is 0 Å². The van der Waals surface area contributed by atoms with E-state index < -0.39 is 65.4 Å². The number of fused-ring (bicyclic) bond motifs is 4. The first-order chi connectivity index (χ1) is 64.3. The maximum Gasteiger partial charge on any atom is 0.328 e. The molecule has 45 heteroatoms. The minimum absolute atomic E-state index is 0. The van der Waals surface area contributed by atoms with Gasteiger partial charge in [-0.05, 0) is 220 Å². The summed E-state index contributed by atoms with van der Waals surface area (Å²) in [6, 6.07) is 35.4. The Bertz CT molecular complexity index is 6830. The number of carbonyl (C=O) groups excluding carboxylic acids is 9. The van der Waals surface area contributed by atoms with Crippen molar-refractivity contribution in [1.82, 2.24) is 99.2 Å². The predicted octanol–water partition coefficient (Wildman–Crippen LogP) is 15.3. The normalized spacial score (nSPS) is 14.2. The van der Waals surface area contributed by atoms with E-state index in [0.29, 0.717) is 93.5 Å². The third-order valence-electron chi connectivity index (χ3n) is 19.2. The Morgan fingerprint density at radius 3 is 1.15 bits per heavy atom. The number of hydrogen-bond donors (Lipinski definition) is 5. The van der Waals surface area contributed by atoms with Crippen molar-refractivity contribution in [3.63, 3.8) is 0 Å². The van der Waals surface area contributed by atoms with E-state index in [2.05, 4.69) is 134 Å². The van der Waals surface area contributed by atoms with Crippen molar-refractivity contribution in [2.75, 3.05) is 23.7 Å². The van der Waals surface area contributed by atoms with Crippen molar-refractivity contribution >= 4 is 174 Å². The molecule has 0 spiro atoms. The lowest BCUT2D eigenvalue weighted by molar-refractivity contribution is -0.156. The molecule has 0 bridgehead atoms. The molecule has 0 unspecified atom stereocenters. The number of aryl methyl sites for hydroxylation is 4. The maximum absolute atomic E-state index is 14.4. The van der Waals surface area contributed by atoms with Gasteiger partial charge in [-0.2, -0.15) is 20.4 Å². The Morgan fingerprint density at radius 2 is 0.810 bits per heavy atom. The highest BCUT2D eigenvalue weighted by atomic mass is 79.9. The summed E-state index contributed by atoms with van der Waals surface area (Å²) in [6.07, 6.45) is 3.53. The molecule has 5 N–H and O–H groups in total. The van der Waals surface area contributed by atoms with Crippen LogP contribution in [0.15, 0.2) is 173 Å². The minimum atomic E-state index is -1.35. The molecule has 0 aliphatic carbocycles. The standard InChI is InChI=1S/C26H23BrFN7O4.C20H22N4O4.C16H14N4O4.C15H18N2O4.C10H11BrFN3O.C5H5BrN2.ClH/c1-14-8-23(30-13-29-14)39-17-6-7-19-18(10-17)25(15(2)36)33-35(19)12-24(37)34-11-16(28)9-20(34)26(38)32-22-5-3-4-21(27)31-22;1-12-8-17(22-11-21-12)27-14-6-7-16-15(9-14)19(13(2)25)23-24(16)10-18(26)28-20(3,4)5;1-9-5-14(18-8-17-9)24-11-3-4-13-12(6-11)16(10(2)21)19-20(13)7-15(22)23;1-9(18)14-11-7-10(19)5-6-12(11)17(16-14)8-13(20)21-15(2,3)4;11-8-2-1-3-9(14-8)15-10(16)7-4-6(12)5-13-7;1-4-2-5(6)8-3-7-4;/h3-8,10,13,16,20H,9,11-12H2,1-2H3,(H,31,32,38);6-9,11H,10H2,1-5H3;3-6,8H,7H2,1-2H3,(H,22,23);5-7,19H,8H2,1-4H3;1-3,6-7,13H,4-5H2,(H,14,15,16);2-3H,1H3;1H/t16-,20+;;;;6-,7+;;/m1...1../s1. The van der Waals surface area contributed by atoms with Gasteiger partial charge in [0.1, 0.15) is 152 Å². The van der Waals surface area contributed by atoms with Gasteiger partial charge in [-0.15, -0.1) is 12.4 Å². The van der Waals surface area contributed by atoms with Crippen LogP contribution in [0.25, 0.3) is 43.6 Å². The molecule has 0 saturated carbocycles. The highest BCUT2D eigenvalue weighted by Crippen LogP contribution is 2.34. The Hall–Kier alpha value is -14.4. The third kappa shape index (κ3) is 30.1. The number of carboxylic acids is 1. The number of phenolic OH excluding ortho intramolecular Hbond substituents is 1. The number of hydrogen-bond acceptors (Lipinski definition) is 31. The smallest absolute Gasteiger partial charge is 0.328 e. The number of ketones is 4. The van der Waals surface area contributed by atoms with Gasteiger partial charge in [0.2, 0.25) is 35.4 Å². The maximum atomic E-state index is 14.4. The number of benzene rings is 4. The van der Waals surface area contributed by atoms with Crippen molar-refractivity contribution in [1.29, 1.82) is 0 Å². The summed E-state index contributed by atoms with van der Waals surface area (Å²) < 4.78 is 62.7. The zero-order valence-electron chi connectivity index (χ0n) is 76.3. The van der Waals surface area contributed by atoms with Crippen molar-refractivity contribution in [2.45, 2.75) is 172 Å². The fourth-order valence-corrected chi connectivity index (χ4v) is 14.6. The largest absolute Gasteiger partial charge is 0.508 e. The number of nitrogens with one attached hydrogen (secondary N) is 3.